The Balaban J connectivity index is 1.84. The molecular weight excluding hydrogens is 308 g/mol. The van der Waals surface area contributed by atoms with Gasteiger partial charge >= 0.3 is 5.97 Å². The standard InChI is InChI=1S/C16H18N6O2/c1-10(5-8-22-7-2-6-18-22)19-14-12-9-11(15(23)24)3-4-13(12)20-16(17)21-14/h2-4,6-7,9-10H,5,8H2,1H3,(H,23,24)(H3,17,19,20,21)/t10-/m1/s1. The maximum atomic E-state index is 11.2. The van der Waals surface area contributed by atoms with E-state index in [1.54, 1.807) is 18.3 Å². The third-order valence-electron chi connectivity index (χ3n) is 3.69. The van der Waals surface area contributed by atoms with Gasteiger partial charge in [-0.2, -0.15) is 10.1 Å². The quantitative estimate of drug-likeness (QED) is 0.633. The molecule has 0 spiro atoms. The Morgan fingerprint density at radius 3 is 2.96 bits per heavy atom. The number of nitrogen functional groups attached to an aromatic ring is 1. The molecule has 0 unspecified atom stereocenters. The van der Waals surface area contributed by atoms with E-state index < -0.39 is 5.97 Å². The summed E-state index contributed by atoms with van der Waals surface area (Å²) in [6, 6.07) is 6.67. The number of aromatic nitrogens is 4. The summed E-state index contributed by atoms with van der Waals surface area (Å²) in [5, 5.41) is 17.3. The number of rotatable bonds is 6. The molecule has 8 nitrogen and oxygen atoms in total. The van der Waals surface area contributed by atoms with Crippen LogP contribution in [0.1, 0.15) is 23.7 Å². The lowest BCUT2D eigenvalue weighted by atomic mass is 10.1. The van der Waals surface area contributed by atoms with Gasteiger partial charge in [-0.05, 0) is 37.6 Å². The molecule has 0 aliphatic carbocycles. The zero-order chi connectivity index (χ0) is 17.1. The summed E-state index contributed by atoms with van der Waals surface area (Å²) in [7, 11) is 0. The van der Waals surface area contributed by atoms with Crippen LogP contribution in [0.25, 0.3) is 10.9 Å². The van der Waals surface area contributed by atoms with Crippen molar-refractivity contribution in [3.8, 4) is 0 Å². The Morgan fingerprint density at radius 2 is 2.25 bits per heavy atom. The van der Waals surface area contributed by atoms with Gasteiger partial charge in [-0.15, -0.1) is 0 Å². The zero-order valence-electron chi connectivity index (χ0n) is 13.2. The molecule has 0 saturated heterocycles. The highest BCUT2D eigenvalue weighted by molar-refractivity contribution is 5.97. The maximum Gasteiger partial charge on any atom is 0.335 e. The summed E-state index contributed by atoms with van der Waals surface area (Å²) < 4.78 is 1.85. The Bertz CT molecular complexity index is 862. The number of nitrogens with zero attached hydrogens (tertiary/aromatic N) is 4. The zero-order valence-corrected chi connectivity index (χ0v) is 13.2. The maximum absolute atomic E-state index is 11.2. The first kappa shape index (κ1) is 15.7. The molecule has 3 rings (SSSR count). The van der Waals surface area contributed by atoms with Crippen LogP contribution < -0.4 is 11.1 Å². The van der Waals surface area contributed by atoms with Crippen LogP contribution in [0.5, 0.6) is 0 Å². The molecule has 3 aromatic rings. The Kier molecular flexibility index (Phi) is 4.28. The number of nitrogens with two attached hydrogens (primary N) is 1. The second kappa shape index (κ2) is 6.53. The van der Waals surface area contributed by atoms with Crippen molar-refractivity contribution in [3.63, 3.8) is 0 Å². The highest BCUT2D eigenvalue weighted by atomic mass is 16.4. The number of hydrogen-bond donors (Lipinski definition) is 3. The first-order valence-electron chi connectivity index (χ1n) is 7.57. The van der Waals surface area contributed by atoms with Crippen molar-refractivity contribution in [3.05, 3.63) is 42.2 Å². The lowest BCUT2D eigenvalue weighted by molar-refractivity contribution is 0.0697. The molecule has 1 aromatic carbocycles. The van der Waals surface area contributed by atoms with E-state index >= 15 is 0 Å². The fraction of sp³-hybridized carbons (Fsp3) is 0.250. The minimum atomic E-state index is -0.994. The molecule has 0 amide bonds. The molecule has 0 radical (unpaired) electrons. The van der Waals surface area contributed by atoms with E-state index in [0.29, 0.717) is 16.7 Å². The predicted octanol–water partition coefficient (Wildman–Crippen LogP) is 2.00. The third kappa shape index (κ3) is 3.43. The Hall–Kier alpha value is -3.16. The Labute approximate surface area is 138 Å². The average Bonchev–Trinajstić information content (AvgIpc) is 3.05. The summed E-state index contributed by atoms with van der Waals surface area (Å²) in [4.78, 5) is 19.6. The van der Waals surface area contributed by atoms with Crippen LogP contribution in [0, 0.1) is 0 Å². The van der Waals surface area contributed by atoms with Crippen molar-refractivity contribution in [1.82, 2.24) is 19.7 Å². The molecule has 0 aliphatic rings. The molecule has 8 heteroatoms. The summed E-state index contributed by atoms with van der Waals surface area (Å²) in [6.07, 6.45) is 4.47. The highest BCUT2D eigenvalue weighted by Gasteiger charge is 2.12. The monoisotopic (exact) mass is 326 g/mol. The van der Waals surface area contributed by atoms with Crippen LogP contribution in [-0.4, -0.2) is 36.9 Å². The summed E-state index contributed by atoms with van der Waals surface area (Å²) in [6.45, 7) is 2.79. The van der Waals surface area contributed by atoms with Crippen LogP contribution in [0.4, 0.5) is 11.8 Å². The number of hydrogen-bond acceptors (Lipinski definition) is 6. The van der Waals surface area contributed by atoms with Crippen LogP contribution in [-0.2, 0) is 6.54 Å². The number of carboxylic acids is 1. The van der Waals surface area contributed by atoms with Gasteiger partial charge in [0.1, 0.15) is 5.82 Å². The number of anilines is 2. The van der Waals surface area contributed by atoms with Crippen LogP contribution in [0.2, 0.25) is 0 Å². The Morgan fingerprint density at radius 1 is 1.42 bits per heavy atom. The van der Waals surface area contributed by atoms with Crippen molar-refractivity contribution < 1.29 is 9.90 Å². The third-order valence-corrected chi connectivity index (χ3v) is 3.69. The molecule has 0 fully saturated rings. The number of aromatic carboxylic acids is 1. The summed E-state index contributed by atoms with van der Waals surface area (Å²) in [5.74, 6) is -0.313. The molecule has 0 saturated carbocycles. The average molecular weight is 326 g/mol. The number of fused-ring (bicyclic) bond motifs is 1. The predicted molar refractivity (Wildman–Crippen MR) is 90.8 cm³/mol. The van der Waals surface area contributed by atoms with Crippen molar-refractivity contribution >= 4 is 28.6 Å². The number of carbonyl (C=O) groups is 1. The molecule has 2 aromatic heterocycles. The number of aryl methyl sites for hydroxylation is 1. The molecular formula is C16H18N6O2. The van der Waals surface area contributed by atoms with Gasteiger partial charge in [0, 0.05) is 30.4 Å². The molecule has 0 aliphatic heterocycles. The molecule has 124 valence electrons. The van der Waals surface area contributed by atoms with Gasteiger partial charge < -0.3 is 16.2 Å². The topological polar surface area (TPSA) is 119 Å². The van der Waals surface area contributed by atoms with Gasteiger partial charge in [-0.3, -0.25) is 4.68 Å². The lowest BCUT2D eigenvalue weighted by Crippen LogP contribution is -2.19. The number of nitrogens with one attached hydrogen (secondary N) is 1. The lowest BCUT2D eigenvalue weighted by Gasteiger charge is -2.16. The van der Waals surface area contributed by atoms with Gasteiger partial charge in [-0.25, -0.2) is 9.78 Å². The molecule has 4 N–H and O–H groups in total. The molecule has 1 atom stereocenters. The van der Waals surface area contributed by atoms with Crippen molar-refractivity contribution in [2.24, 2.45) is 0 Å². The number of carboxylic acid groups (broad SMARTS) is 1. The van der Waals surface area contributed by atoms with E-state index in [1.165, 1.54) is 6.07 Å². The van der Waals surface area contributed by atoms with Gasteiger partial charge in [0.25, 0.3) is 0 Å². The van der Waals surface area contributed by atoms with E-state index in [0.717, 1.165) is 13.0 Å². The van der Waals surface area contributed by atoms with E-state index in [-0.39, 0.29) is 17.6 Å². The van der Waals surface area contributed by atoms with Crippen molar-refractivity contribution in [1.29, 1.82) is 0 Å². The van der Waals surface area contributed by atoms with Crippen LogP contribution in [0.3, 0.4) is 0 Å². The molecule has 0 bridgehead atoms. The fourth-order valence-corrected chi connectivity index (χ4v) is 2.45. The first-order valence-corrected chi connectivity index (χ1v) is 7.57. The minimum Gasteiger partial charge on any atom is -0.478 e. The van der Waals surface area contributed by atoms with Gasteiger partial charge in [-0.1, -0.05) is 0 Å². The smallest absolute Gasteiger partial charge is 0.335 e. The van der Waals surface area contributed by atoms with Crippen LogP contribution >= 0.6 is 0 Å². The van der Waals surface area contributed by atoms with E-state index in [2.05, 4.69) is 20.4 Å². The summed E-state index contributed by atoms with van der Waals surface area (Å²) in [5.41, 5.74) is 6.55. The summed E-state index contributed by atoms with van der Waals surface area (Å²) >= 11 is 0. The van der Waals surface area contributed by atoms with Crippen molar-refractivity contribution in [2.75, 3.05) is 11.1 Å². The normalized spacial score (nSPS) is 12.2. The van der Waals surface area contributed by atoms with E-state index in [9.17, 15) is 4.79 Å². The van der Waals surface area contributed by atoms with E-state index in [4.69, 9.17) is 10.8 Å². The molecule has 24 heavy (non-hydrogen) atoms. The minimum absolute atomic E-state index is 0.0974. The van der Waals surface area contributed by atoms with Gasteiger partial charge in [0.2, 0.25) is 5.95 Å². The largest absolute Gasteiger partial charge is 0.478 e. The first-order chi connectivity index (χ1) is 11.5. The number of benzene rings is 1. The molecule has 2 heterocycles. The van der Waals surface area contributed by atoms with Crippen LogP contribution in [0.15, 0.2) is 36.7 Å². The SMILES string of the molecule is C[C@H](CCn1cccn1)Nc1nc(N)nc2ccc(C(=O)O)cc12. The van der Waals surface area contributed by atoms with Crippen molar-refractivity contribution in [2.45, 2.75) is 25.9 Å². The van der Waals surface area contributed by atoms with E-state index in [1.807, 2.05) is 23.9 Å². The fourth-order valence-electron chi connectivity index (χ4n) is 2.45. The second-order valence-corrected chi connectivity index (χ2v) is 5.57. The highest BCUT2D eigenvalue weighted by Crippen LogP contribution is 2.23. The van der Waals surface area contributed by atoms with Gasteiger partial charge in [0.15, 0.2) is 0 Å². The second-order valence-electron chi connectivity index (χ2n) is 5.57. The van der Waals surface area contributed by atoms with Gasteiger partial charge in [0.05, 0.1) is 11.1 Å².